The van der Waals surface area contributed by atoms with Gasteiger partial charge < -0.3 is 10.4 Å². The number of piperidine rings is 1. The Morgan fingerprint density at radius 3 is 2.15 bits per heavy atom. The molecule has 0 aromatic heterocycles. The van der Waals surface area contributed by atoms with Crippen LogP contribution in [0.4, 0.5) is 18.9 Å². The Labute approximate surface area is 157 Å². The molecule has 1 aliphatic heterocycles. The molecule has 3 rings (SSSR count). The van der Waals surface area contributed by atoms with Gasteiger partial charge in [0, 0.05) is 30.9 Å². The van der Waals surface area contributed by atoms with Crippen LogP contribution in [0.5, 0.6) is 0 Å². The van der Waals surface area contributed by atoms with Gasteiger partial charge in [0.15, 0.2) is 0 Å². The zero-order valence-corrected chi connectivity index (χ0v) is 15.8. The Hall–Kier alpha value is -1.32. The first-order valence-electron chi connectivity index (χ1n) is 9.28. The molecule has 1 heterocycles. The van der Waals surface area contributed by atoms with Crippen LogP contribution in [0.25, 0.3) is 0 Å². The van der Waals surface area contributed by atoms with Gasteiger partial charge in [-0.25, -0.2) is 8.42 Å². The molecular formula is C18H25F3N2O3S. The second kappa shape index (κ2) is 7.97. The molecule has 1 aliphatic carbocycles. The zero-order valence-electron chi connectivity index (χ0n) is 15.0. The summed E-state index contributed by atoms with van der Waals surface area (Å²) < 4.78 is 60.5. The summed E-state index contributed by atoms with van der Waals surface area (Å²) >= 11 is 0. The van der Waals surface area contributed by atoms with Gasteiger partial charge in [-0.3, -0.25) is 4.90 Å². The number of hydrogen-bond donors (Lipinski definition) is 2. The highest BCUT2D eigenvalue weighted by Gasteiger charge is 2.46. The molecule has 152 valence electrons. The van der Waals surface area contributed by atoms with E-state index in [1.807, 2.05) is 0 Å². The lowest BCUT2D eigenvalue weighted by Gasteiger charge is -2.41. The summed E-state index contributed by atoms with van der Waals surface area (Å²) in [7, 11) is -5.31. The second-order valence-corrected chi connectivity index (χ2v) is 9.29. The van der Waals surface area contributed by atoms with Crippen molar-refractivity contribution in [1.29, 1.82) is 0 Å². The van der Waals surface area contributed by atoms with Crippen LogP contribution >= 0.6 is 0 Å². The van der Waals surface area contributed by atoms with E-state index in [2.05, 4.69) is 10.2 Å². The van der Waals surface area contributed by atoms with Gasteiger partial charge >= 0.3 is 5.51 Å². The van der Waals surface area contributed by atoms with Crippen LogP contribution in [0, 0.1) is 0 Å². The van der Waals surface area contributed by atoms with E-state index in [-0.39, 0.29) is 18.2 Å². The minimum Gasteiger partial charge on any atom is -0.391 e. The fraction of sp³-hybridized carbons (Fsp3) is 0.667. The van der Waals surface area contributed by atoms with E-state index in [1.165, 1.54) is 12.1 Å². The highest BCUT2D eigenvalue weighted by molar-refractivity contribution is 7.92. The number of hydrogen-bond acceptors (Lipinski definition) is 5. The molecule has 1 aromatic carbocycles. The molecule has 1 saturated heterocycles. The number of benzene rings is 1. The Bertz CT molecular complexity index is 729. The smallest absolute Gasteiger partial charge is 0.391 e. The van der Waals surface area contributed by atoms with Crippen LogP contribution in [0.2, 0.25) is 0 Å². The van der Waals surface area contributed by atoms with E-state index in [1.54, 1.807) is 0 Å². The molecule has 27 heavy (non-hydrogen) atoms. The number of nitrogens with zero attached hydrogens (tertiary/aromatic N) is 1. The van der Waals surface area contributed by atoms with Crippen LogP contribution in [0.3, 0.4) is 0 Å². The number of aliphatic hydroxyl groups is 1. The quantitative estimate of drug-likeness (QED) is 0.804. The summed E-state index contributed by atoms with van der Waals surface area (Å²) in [6.45, 7) is 1.72. The molecule has 2 atom stereocenters. The maximum absolute atomic E-state index is 12.6. The van der Waals surface area contributed by atoms with Crippen LogP contribution in [-0.4, -0.2) is 55.2 Å². The average molecular weight is 406 g/mol. The third-order valence-electron chi connectivity index (χ3n) is 5.53. The Morgan fingerprint density at radius 1 is 1.00 bits per heavy atom. The van der Waals surface area contributed by atoms with Gasteiger partial charge in [-0.15, -0.1) is 0 Å². The Morgan fingerprint density at radius 2 is 1.59 bits per heavy atom. The maximum Gasteiger partial charge on any atom is 0.501 e. The van der Waals surface area contributed by atoms with E-state index < -0.39 is 20.2 Å². The van der Waals surface area contributed by atoms with E-state index in [0.717, 1.165) is 63.7 Å². The van der Waals surface area contributed by atoms with Crippen molar-refractivity contribution in [3.8, 4) is 0 Å². The number of sulfone groups is 1. The predicted octanol–water partition coefficient (Wildman–Crippen LogP) is 3.16. The molecule has 0 radical (unpaired) electrons. The number of halogens is 3. The predicted molar refractivity (Wildman–Crippen MR) is 96.2 cm³/mol. The molecule has 0 spiro atoms. The normalized spacial score (nSPS) is 26.1. The van der Waals surface area contributed by atoms with Gasteiger partial charge in [0.25, 0.3) is 9.84 Å². The van der Waals surface area contributed by atoms with E-state index in [9.17, 15) is 26.7 Å². The first-order chi connectivity index (χ1) is 12.7. The van der Waals surface area contributed by atoms with Crippen LogP contribution in [0.1, 0.15) is 38.5 Å². The first-order valence-corrected chi connectivity index (χ1v) is 10.8. The SMILES string of the molecule is O=S(=O)(c1ccc(NC2CCN(C3CCCCC3O)CC2)cc1)C(F)(F)F. The summed E-state index contributed by atoms with van der Waals surface area (Å²) in [5, 5.41) is 13.5. The fourth-order valence-electron chi connectivity index (χ4n) is 3.99. The third kappa shape index (κ3) is 4.57. The molecule has 0 bridgehead atoms. The van der Waals surface area contributed by atoms with E-state index in [0.29, 0.717) is 5.69 Å². The molecular weight excluding hydrogens is 381 g/mol. The zero-order chi connectivity index (χ0) is 19.7. The van der Waals surface area contributed by atoms with Crippen LogP contribution in [-0.2, 0) is 9.84 Å². The summed E-state index contributed by atoms with van der Waals surface area (Å²) in [6.07, 6.45) is 5.58. The highest BCUT2D eigenvalue weighted by atomic mass is 32.2. The summed E-state index contributed by atoms with van der Waals surface area (Å²) in [6, 6.07) is 5.11. The standard InChI is InChI=1S/C18H25F3N2O3S/c19-18(20,21)27(25,26)15-7-5-13(6-8-15)22-14-9-11-23(12-10-14)16-3-1-2-4-17(16)24/h5-8,14,16-17,22,24H,1-4,9-12H2. The first kappa shape index (κ1) is 20.4. The number of anilines is 1. The minimum atomic E-state index is -5.31. The van der Waals surface area contributed by atoms with Crippen LogP contribution in [0.15, 0.2) is 29.2 Å². The fourth-order valence-corrected chi connectivity index (χ4v) is 4.75. The summed E-state index contributed by atoms with van der Waals surface area (Å²) in [5.74, 6) is 0. The van der Waals surface area contributed by atoms with Crippen molar-refractivity contribution in [2.75, 3.05) is 18.4 Å². The molecule has 2 aliphatic rings. The van der Waals surface area contributed by atoms with Gasteiger partial charge in [-0.05, 0) is 49.9 Å². The van der Waals surface area contributed by atoms with Gasteiger partial charge in [-0.2, -0.15) is 13.2 Å². The van der Waals surface area contributed by atoms with Gasteiger partial charge in [0.2, 0.25) is 0 Å². The lowest BCUT2D eigenvalue weighted by Crippen LogP contribution is -2.50. The molecule has 5 nitrogen and oxygen atoms in total. The van der Waals surface area contributed by atoms with Crippen molar-refractivity contribution >= 4 is 15.5 Å². The molecule has 1 aromatic rings. The number of alkyl halides is 3. The topological polar surface area (TPSA) is 69.6 Å². The van der Waals surface area contributed by atoms with Crippen molar-refractivity contribution in [1.82, 2.24) is 4.90 Å². The molecule has 0 amide bonds. The molecule has 1 saturated carbocycles. The monoisotopic (exact) mass is 406 g/mol. The lowest BCUT2D eigenvalue weighted by atomic mass is 9.89. The summed E-state index contributed by atoms with van der Waals surface area (Å²) in [5.41, 5.74) is -4.69. The van der Waals surface area contributed by atoms with Crippen molar-refractivity contribution in [3.63, 3.8) is 0 Å². The van der Waals surface area contributed by atoms with Crippen molar-refractivity contribution in [2.45, 2.75) is 67.1 Å². The van der Waals surface area contributed by atoms with Crippen molar-refractivity contribution in [3.05, 3.63) is 24.3 Å². The average Bonchev–Trinajstić information content (AvgIpc) is 2.62. The van der Waals surface area contributed by atoms with Gasteiger partial charge in [0.05, 0.1) is 11.0 Å². The van der Waals surface area contributed by atoms with Gasteiger partial charge in [0.1, 0.15) is 0 Å². The minimum absolute atomic E-state index is 0.173. The van der Waals surface area contributed by atoms with E-state index in [4.69, 9.17) is 0 Å². The van der Waals surface area contributed by atoms with Gasteiger partial charge in [-0.1, -0.05) is 12.8 Å². The van der Waals surface area contributed by atoms with Crippen molar-refractivity contribution in [2.24, 2.45) is 0 Å². The van der Waals surface area contributed by atoms with Crippen LogP contribution < -0.4 is 5.32 Å². The highest BCUT2D eigenvalue weighted by Crippen LogP contribution is 2.31. The van der Waals surface area contributed by atoms with E-state index >= 15 is 0 Å². The number of rotatable bonds is 4. The summed E-state index contributed by atoms with van der Waals surface area (Å²) in [4.78, 5) is 1.59. The number of aliphatic hydroxyl groups excluding tert-OH is 1. The number of nitrogens with one attached hydrogen (secondary N) is 1. The molecule has 9 heteroatoms. The second-order valence-electron chi connectivity index (χ2n) is 7.35. The Balaban J connectivity index is 1.55. The largest absolute Gasteiger partial charge is 0.501 e. The molecule has 2 unspecified atom stereocenters. The number of likely N-dealkylation sites (tertiary alicyclic amines) is 1. The lowest BCUT2D eigenvalue weighted by molar-refractivity contribution is -0.0436. The maximum atomic E-state index is 12.6. The third-order valence-corrected chi connectivity index (χ3v) is 7.03. The van der Waals surface area contributed by atoms with Crippen molar-refractivity contribution < 1.29 is 26.7 Å². The molecule has 2 fully saturated rings. The Kier molecular flexibility index (Phi) is 6.02. The molecule has 2 N–H and O–H groups in total.